The summed E-state index contributed by atoms with van der Waals surface area (Å²) in [6.07, 6.45) is 5.90. The van der Waals surface area contributed by atoms with E-state index < -0.39 is 0 Å². The van der Waals surface area contributed by atoms with E-state index in [9.17, 15) is 0 Å². The Morgan fingerprint density at radius 1 is 1.30 bits per heavy atom. The zero-order chi connectivity index (χ0) is 14.4. The molecule has 0 fully saturated rings. The highest BCUT2D eigenvalue weighted by Crippen LogP contribution is 2.24. The van der Waals surface area contributed by atoms with Gasteiger partial charge in [0.2, 0.25) is 0 Å². The van der Waals surface area contributed by atoms with Gasteiger partial charge in [-0.1, -0.05) is 29.9 Å². The standard InChI is InChI=1S/C14H15ClN4S/c15-12-4-2-7-18-14(12)19(8-5-13(16)20)10-11-3-1-6-17-9-11/h1-4,6-7,9H,5,8,10H2,(H2,16,20). The Hall–Kier alpha value is -1.72. The van der Waals surface area contributed by atoms with Crippen molar-refractivity contribution >= 4 is 34.6 Å². The topological polar surface area (TPSA) is 55.0 Å². The van der Waals surface area contributed by atoms with Gasteiger partial charge in [-0.05, 0) is 23.8 Å². The third-order valence-electron chi connectivity index (χ3n) is 2.76. The average Bonchev–Trinajstić information content (AvgIpc) is 2.45. The maximum absolute atomic E-state index is 6.22. The molecule has 2 aromatic heterocycles. The molecule has 0 spiro atoms. The summed E-state index contributed by atoms with van der Waals surface area (Å²) in [4.78, 5) is 11.0. The molecule has 20 heavy (non-hydrogen) atoms. The Balaban J connectivity index is 2.20. The molecule has 0 saturated carbocycles. The van der Waals surface area contributed by atoms with Crippen LogP contribution in [0, 0.1) is 0 Å². The average molecular weight is 307 g/mol. The summed E-state index contributed by atoms with van der Waals surface area (Å²) in [7, 11) is 0. The highest BCUT2D eigenvalue weighted by atomic mass is 35.5. The second-order valence-corrected chi connectivity index (χ2v) is 5.24. The molecule has 4 nitrogen and oxygen atoms in total. The third-order valence-corrected chi connectivity index (χ3v) is 3.26. The molecule has 2 rings (SSSR count). The number of pyridine rings is 2. The van der Waals surface area contributed by atoms with Crippen LogP contribution in [-0.4, -0.2) is 21.5 Å². The quantitative estimate of drug-likeness (QED) is 0.832. The summed E-state index contributed by atoms with van der Waals surface area (Å²) in [6, 6.07) is 7.54. The van der Waals surface area contributed by atoms with Gasteiger partial charge < -0.3 is 10.6 Å². The van der Waals surface area contributed by atoms with E-state index in [1.807, 2.05) is 30.5 Å². The second kappa shape index (κ2) is 7.17. The summed E-state index contributed by atoms with van der Waals surface area (Å²) in [5.41, 5.74) is 6.67. The van der Waals surface area contributed by atoms with Crippen LogP contribution in [0.5, 0.6) is 0 Å². The van der Waals surface area contributed by atoms with Crippen LogP contribution in [0.4, 0.5) is 5.82 Å². The Morgan fingerprint density at radius 3 is 2.75 bits per heavy atom. The second-order valence-electron chi connectivity index (χ2n) is 4.31. The molecule has 2 heterocycles. The molecule has 0 aromatic carbocycles. The molecule has 2 N–H and O–H groups in total. The lowest BCUT2D eigenvalue weighted by atomic mass is 10.2. The zero-order valence-corrected chi connectivity index (χ0v) is 12.4. The maximum Gasteiger partial charge on any atom is 0.147 e. The minimum absolute atomic E-state index is 0.480. The molecule has 0 saturated heterocycles. The van der Waals surface area contributed by atoms with Gasteiger partial charge in [0, 0.05) is 38.1 Å². The minimum atomic E-state index is 0.480. The van der Waals surface area contributed by atoms with Gasteiger partial charge >= 0.3 is 0 Å². The van der Waals surface area contributed by atoms with Crippen molar-refractivity contribution in [2.45, 2.75) is 13.0 Å². The van der Waals surface area contributed by atoms with Crippen molar-refractivity contribution in [1.82, 2.24) is 9.97 Å². The Labute approximate surface area is 128 Å². The number of rotatable bonds is 6. The number of nitrogens with two attached hydrogens (primary N) is 1. The lowest BCUT2D eigenvalue weighted by Gasteiger charge is -2.24. The van der Waals surface area contributed by atoms with Gasteiger partial charge in [-0.3, -0.25) is 4.98 Å². The fraction of sp³-hybridized carbons (Fsp3) is 0.214. The van der Waals surface area contributed by atoms with Crippen LogP contribution in [0.1, 0.15) is 12.0 Å². The van der Waals surface area contributed by atoms with Crippen molar-refractivity contribution in [2.75, 3.05) is 11.4 Å². The first kappa shape index (κ1) is 14.7. The van der Waals surface area contributed by atoms with Crippen LogP contribution in [0.15, 0.2) is 42.9 Å². The van der Waals surface area contributed by atoms with Gasteiger partial charge in [-0.25, -0.2) is 4.98 Å². The number of thiocarbonyl (C=S) groups is 1. The van der Waals surface area contributed by atoms with Crippen molar-refractivity contribution in [3.63, 3.8) is 0 Å². The summed E-state index contributed by atoms with van der Waals surface area (Å²) >= 11 is 11.2. The molecule has 2 aromatic rings. The predicted molar refractivity (Wildman–Crippen MR) is 85.9 cm³/mol. The van der Waals surface area contributed by atoms with E-state index in [1.165, 1.54) is 0 Å². The van der Waals surface area contributed by atoms with E-state index >= 15 is 0 Å². The van der Waals surface area contributed by atoms with Crippen LogP contribution in [0.2, 0.25) is 5.02 Å². The molecule has 0 amide bonds. The lowest BCUT2D eigenvalue weighted by molar-refractivity contribution is 0.788. The molecule has 0 aliphatic carbocycles. The fourth-order valence-corrected chi connectivity index (χ4v) is 2.16. The first-order valence-electron chi connectivity index (χ1n) is 6.19. The van der Waals surface area contributed by atoms with Gasteiger partial charge in [0.05, 0.1) is 10.0 Å². The zero-order valence-electron chi connectivity index (χ0n) is 10.9. The molecule has 0 bridgehead atoms. The molecular weight excluding hydrogens is 292 g/mol. The van der Waals surface area contributed by atoms with E-state index in [0.717, 1.165) is 11.4 Å². The summed E-state index contributed by atoms with van der Waals surface area (Å²) in [5, 5.41) is 0.610. The maximum atomic E-state index is 6.22. The van der Waals surface area contributed by atoms with Crippen molar-refractivity contribution in [2.24, 2.45) is 5.73 Å². The number of halogens is 1. The van der Waals surface area contributed by atoms with Crippen LogP contribution < -0.4 is 10.6 Å². The molecule has 104 valence electrons. The Bertz CT molecular complexity index is 576. The first-order valence-corrected chi connectivity index (χ1v) is 6.98. The van der Waals surface area contributed by atoms with E-state index in [0.29, 0.717) is 29.5 Å². The number of aromatic nitrogens is 2. The van der Waals surface area contributed by atoms with E-state index in [-0.39, 0.29) is 0 Å². The summed E-state index contributed by atoms with van der Waals surface area (Å²) in [5.74, 6) is 0.731. The summed E-state index contributed by atoms with van der Waals surface area (Å²) < 4.78 is 0. The fourth-order valence-electron chi connectivity index (χ4n) is 1.83. The van der Waals surface area contributed by atoms with E-state index in [1.54, 1.807) is 12.4 Å². The molecule has 0 radical (unpaired) electrons. The predicted octanol–water partition coefficient (Wildman–Crippen LogP) is 2.81. The molecule has 0 unspecified atom stereocenters. The van der Waals surface area contributed by atoms with Crippen molar-refractivity contribution in [3.05, 3.63) is 53.4 Å². The highest BCUT2D eigenvalue weighted by molar-refractivity contribution is 7.80. The lowest BCUT2D eigenvalue weighted by Crippen LogP contribution is -2.28. The van der Waals surface area contributed by atoms with Gasteiger partial charge in [-0.2, -0.15) is 0 Å². The minimum Gasteiger partial charge on any atom is -0.393 e. The smallest absolute Gasteiger partial charge is 0.147 e. The van der Waals surface area contributed by atoms with E-state index in [4.69, 9.17) is 29.6 Å². The van der Waals surface area contributed by atoms with Gasteiger partial charge in [0.1, 0.15) is 5.82 Å². The molecule has 0 aliphatic heterocycles. The van der Waals surface area contributed by atoms with Gasteiger partial charge in [0.25, 0.3) is 0 Å². The number of anilines is 1. The van der Waals surface area contributed by atoms with Crippen molar-refractivity contribution in [3.8, 4) is 0 Å². The van der Waals surface area contributed by atoms with Crippen molar-refractivity contribution < 1.29 is 0 Å². The molecular formula is C14H15ClN4S. The summed E-state index contributed by atoms with van der Waals surface area (Å²) in [6.45, 7) is 1.33. The Morgan fingerprint density at radius 2 is 2.10 bits per heavy atom. The normalized spacial score (nSPS) is 10.2. The third kappa shape index (κ3) is 4.15. The Kier molecular flexibility index (Phi) is 5.26. The molecule has 0 aliphatic rings. The van der Waals surface area contributed by atoms with Crippen LogP contribution in [-0.2, 0) is 6.54 Å². The largest absolute Gasteiger partial charge is 0.393 e. The van der Waals surface area contributed by atoms with Crippen LogP contribution >= 0.6 is 23.8 Å². The van der Waals surface area contributed by atoms with Crippen LogP contribution in [0.3, 0.4) is 0 Å². The number of nitrogens with zero attached hydrogens (tertiary/aromatic N) is 3. The van der Waals surface area contributed by atoms with Crippen LogP contribution in [0.25, 0.3) is 0 Å². The molecule has 6 heteroatoms. The monoisotopic (exact) mass is 306 g/mol. The number of hydrogen-bond acceptors (Lipinski definition) is 4. The first-order chi connectivity index (χ1) is 9.66. The molecule has 0 atom stereocenters. The SMILES string of the molecule is NC(=S)CCN(Cc1cccnc1)c1ncccc1Cl. The highest BCUT2D eigenvalue weighted by Gasteiger charge is 2.12. The van der Waals surface area contributed by atoms with Gasteiger partial charge in [0.15, 0.2) is 0 Å². The number of hydrogen-bond donors (Lipinski definition) is 1. The van der Waals surface area contributed by atoms with Gasteiger partial charge in [-0.15, -0.1) is 0 Å². The van der Waals surface area contributed by atoms with Crippen molar-refractivity contribution in [1.29, 1.82) is 0 Å². The van der Waals surface area contributed by atoms with E-state index in [2.05, 4.69) is 14.9 Å².